The van der Waals surface area contributed by atoms with Gasteiger partial charge in [0.2, 0.25) is 11.8 Å². The van der Waals surface area contributed by atoms with Gasteiger partial charge in [0, 0.05) is 18.3 Å². The Bertz CT molecular complexity index is 613. The molecule has 0 bridgehead atoms. The maximum absolute atomic E-state index is 13.7. The van der Waals surface area contributed by atoms with Gasteiger partial charge in [0.05, 0.1) is 5.25 Å². The zero-order valence-electron chi connectivity index (χ0n) is 13.8. The fourth-order valence-electron chi connectivity index (χ4n) is 3.03. The number of rotatable bonds is 4. The van der Waals surface area contributed by atoms with Crippen LogP contribution in [-0.2, 0) is 16.0 Å². The molecule has 0 aliphatic carbocycles. The molecule has 3 rings (SSSR count). The minimum absolute atomic E-state index is 0. The summed E-state index contributed by atoms with van der Waals surface area (Å²) in [5.41, 5.74) is 0.529. The Labute approximate surface area is 157 Å². The second-order valence-corrected chi connectivity index (χ2v) is 7.47. The van der Waals surface area contributed by atoms with Gasteiger partial charge in [-0.25, -0.2) is 4.39 Å². The molecule has 3 N–H and O–H groups in total. The highest BCUT2D eigenvalue weighted by Gasteiger charge is 2.33. The van der Waals surface area contributed by atoms with Gasteiger partial charge in [-0.1, -0.05) is 18.2 Å². The van der Waals surface area contributed by atoms with Gasteiger partial charge in [0.15, 0.2) is 0 Å². The van der Waals surface area contributed by atoms with Gasteiger partial charge in [0.25, 0.3) is 0 Å². The molecule has 2 saturated heterocycles. The largest absolute Gasteiger partial charge is 0.350 e. The SMILES string of the molecule is Cl.O=C(NC1CCCNC1)C1CSC(Cc2ccccc2F)C(=O)N1. The van der Waals surface area contributed by atoms with Crippen molar-refractivity contribution in [2.75, 3.05) is 18.8 Å². The van der Waals surface area contributed by atoms with E-state index in [0.717, 1.165) is 25.9 Å². The molecule has 2 aliphatic rings. The van der Waals surface area contributed by atoms with E-state index in [-0.39, 0.29) is 41.3 Å². The van der Waals surface area contributed by atoms with Crippen LogP contribution in [0.25, 0.3) is 0 Å². The molecule has 2 fully saturated rings. The summed E-state index contributed by atoms with van der Waals surface area (Å²) in [6.45, 7) is 1.76. The van der Waals surface area contributed by atoms with E-state index in [1.807, 2.05) is 0 Å². The van der Waals surface area contributed by atoms with Crippen molar-refractivity contribution in [2.24, 2.45) is 0 Å². The summed E-state index contributed by atoms with van der Waals surface area (Å²) in [4.78, 5) is 24.6. The van der Waals surface area contributed by atoms with Crippen molar-refractivity contribution in [3.8, 4) is 0 Å². The topological polar surface area (TPSA) is 70.2 Å². The molecule has 0 radical (unpaired) electrons. The van der Waals surface area contributed by atoms with Crippen LogP contribution < -0.4 is 16.0 Å². The number of hydrogen-bond acceptors (Lipinski definition) is 4. The second kappa shape index (κ2) is 9.40. The van der Waals surface area contributed by atoms with Crippen LogP contribution in [-0.4, -0.2) is 48.0 Å². The first kappa shape index (κ1) is 20.0. The smallest absolute Gasteiger partial charge is 0.243 e. The van der Waals surface area contributed by atoms with Gasteiger partial charge in [0.1, 0.15) is 11.9 Å². The van der Waals surface area contributed by atoms with E-state index in [2.05, 4.69) is 16.0 Å². The molecule has 2 aliphatic heterocycles. The lowest BCUT2D eigenvalue weighted by Gasteiger charge is -2.30. The van der Waals surface area contributed by atoms with Crippen molar-refractivity contribution in [3.05, 3.63) is 35.6 Å². The molecule has 1 aromatic rings. The highest BCUT2D eigenvalue weighted by atomic mass is 35.5. The highest BCUT2D eigenvalue weighted by Crippen LogP contribution is 2.23. The molecule has 8 heteroatoms. The van der Waals surface area contributed by atoms with Crippen molar-refractivity contribution in [1.82, 2.24) is 16.0 Å². The Hall–Kier alpha value is -1.31. The normalized spacial score (nSPS) is 26.3. The molecule has 2 heterocycles. The Morgan fingerprint density at radius 3 is 2.84 bits per heavy atom. The molecule has 0 spiro atoms. The number of carbonyl (C=O) groups excluding carboxylic acids is 2. The van der Waals surface area contributed by atoms with Gasteiger partial charge in [-0.2, -0.15) is 0 Å². The minimum atomic E-state index is -0.513. The van der Waals surface area contributed by atoms with E-state index < -0.39 is 6.04 Å². The standard InChI is InChI=1S/C17H22FN3O2S.ClH/c18-13-6-2-1-4-11(13)8-15-17(23)21-14(10-24-15)16(22)20-12-5-3-7-19-9-12;/h1-2,4,6,12,14-15,19H,3,5,7-10H2,(H,20,22)(H,21,23);1H. The first-order chi connectivity index (χ1) is 11.6. The Morgan fingerprint density at radius 2 is 2.16 bits per heavy atom. The van der Waals surface area contributed by atoms with Crippen LogP contribution in [0.2, 0.25) is 0 Å². The number of thioether (sulfide) groups is 1. The maximum atomic E-state index is 13.7. The van der Waals surface area contributed by atoms with Crippen molar-refractivity contribution < 1.29 is 14.0 Å². The third kappa shape index (κ3) is 5.33. The maximum Gasteiger partial charge on any atom is 0.243 e. The number of carbonyl (C=O) groups is 2. The summed E-state index contributed by atoms with van der Waals surface area (Å²) in [6, 6.07) is 6.10. The third-order valence-electron chi connectivity index (χ3n) is 4.40. The summed E-state index contributed by atoms with van der Waals surface area (Å²) >= 11 is 1.42. The van der Waals surface area contributed by atoms with Crippen LogP contribution >= 0.6 is 24.2 Å². The Morgan fingerprint density at radius 1 is 1.36 bits per heavy atom. The average Bonchev–Trinajstić information content (AvgIpc) is 2.59. The summed E-state index contributed by atoms with van der Waals surface area (Å²) in [6.07, 6.45) is 2.34. The van der Waals surface area contributed by atoms with E-state index in [9.17, 15) is 14.0 Å². The first-order valence-electron chi connectivity index (χ1n) is 8.30. The summed E-state index contributed by atoms with van der Waals surface area (Å²) in [5.74, 6) is -0.113. The summed E-state index contributed by atoms with van der Waals surface area (Å²) < 4.78 is 13.7. The van der Waals surface area contributed by atoms with Crippen molar-refractivity contribution in [3.63, 3.8) is 0 Å². The minimum Gasteiger partial charge on any atom is -0.350 e. The van der Waals surface area contributed by atoms with Crippen LogP contribution in [0.5, 0.6) is 0 Å². The number of hydrogen-bond donors (Lipinski definition) is 3. The predicted molar refractivity (Wildman–Crippen MR) is 99.6 cm³/mol. The van der Waals surface area contributed by atoms with Crippen molar-refractivity contribution >= 4 is 36.0 Å². The monoisotopic (exact) mass is 387 g/mol. The van der Waals surface area contributed by atoms with Gasteiger partial charge < -0.3 is 16.0 Å². The highest BCUT2D eigenvalue weighted by molar-refractivity contribution is 8.00. The molecule has 5 nitrogen and oxygen atoms in total. The van der Waals surface area contributed by atoms with E-state index in [1.165, 1.54) is 17.8 Å². The Kier molecular flexibility index (Phi) is 7.53. The lowest BCUT2D eigenvalue weighted by molar-refractivity contribution is -0.129. The van der Waals surface area contributed by atoms with Crippen molar-refractivity contribution in [1.29, 1.82) is 0 Å². The molecule has 3 atom stereocenters. The quantitative estimate of drug-likeness (QED) is 0.727. The Balaban J connectivity index is 0.00000225. The van der Waals surface area contributed by atoms with E-state index in [4.69, 9.17) is 0 Å². The van der Waals surface area contributed by atoms with Crippen LogP contribution in [0.4, 0.5) is 4.39 Å². The number of nitrogens with one attached hydrogen (secondary N) is 3. The lowest BCUT2D eigenvalue weighted by atomic mass is 10.1. The average molecular weight is 388 g/mol. The number of benzene rings is 1. The fraction of sp³-hybridized carbons (Fsp3) is 0.529. The number of piperidine rings is 1. The molecule has 0 saturated carbocycles. The van der Waals surface area contributed by atoms with Gasteiger partial charge in [-0.05, 0) is 37.4 Å². The predicted octanol–water partition coefficient (Wildman–Crippen LogP) is 1.26. The van der Waals surface area contributed by atoms with Crippen LogP contribution in [0.15, 0.2) is 24.3 Å². The van der Waals surface area contributed by atoms with E-state index >= 15 is 0 Å². The molecule has 0 aromatic heterocycles. The van der Waals surface area contributed by atoms with Crippen LogP contribution in [0, 0.1) is 5.82 Å². The summed E-state index contributed by atoms with van der Waals surface area (Å²) in [7, 11) is 0. The number of amides is 2. The van der Waals surface area contributed by atoms with Crippen LogP contribution in [0.3, 0.4) is 0 Å². The molecular weight excluding hydrogens is 365 g/mol. The molecule has 2 amide bonds. The van der Waals surface area contributed by atoms with E-state index in [1.54, 1.807) is 18.2 Å². The fourth-order valence-corrected chi connectivity index (χ4v) is 4.20. The van der Waals surface area contributed by atoms with E-state index in [0.29, 0.717) is 17.7 Å². The zero-order chi connectivity index (χ0) is 16.9. The zero-order valence-corrected chi connectivity index (χ0v) is 15.4. The van der Waals surface area contributed by atoms with Gasteiger partial charge in [-0.3, -0.25) is 9.59 Å². The van der Waals surface area contributed by atoms with Crippen LogP contribution in [0.1, 0.15) is 18.4 Å². The van der Waals surface area contributed by atoms with Crippen molar-refractivity contribution in [2.45, 2.75) is 36.6 Å². The molecule has 25 heavy (non-hydrogen) atoms. The first-order valence-corrected chi connectivity index (χ1v) is 9.35. The molecule has 138 valence electrons. The lowest BCUT2D eigenvalue weighted by Crippen LogP contribution is -2.57. The molecule has 1 aromatic carbocycles. The third-order valence-corrected chi connectivity index (χ3v) is 5.70. The second-order valence-electron chi connectivity index (χ2n) is 6.23. The number of halogens is 2. The van der Waals surface area contributed by atoms with Gasteiger partial charge in [-0.15, -0.1) is 24.2 Å². The summed E-state index contributed by atoms with van der Waals surface area (Å²) in [5, 5.41) is 8.66. The molecule has 3 unspecified atom stereocenters. The van der Waals surface area contributed by atoms with Gasteiger partial charge >= 0.3 is 0 Å². The molecular formula is C17H23ClFN3O2S.